The SMILES string of the molecule is Cc1ccc(CNC(=O)CN2c3ccccc3N(CC(=O)NCc3ccc(C)cc3)S2(=O)=O)cc1. The van der Waals surface area contributed by atoms with Gasteiger partial charge >= 0.3 is 10.2 Å². The van der Waals surface area contributed by atoms with Crippen molar-refractivity contribution >= 4 is 33.4 Å². The number of anilines is 2. The third-order valence-electron chi connectivity index (χ3n) is 5.77. The Morgan fingerprint density at radius 2 is 1.03 bits per heavy atom. The summed E-state index contributed by atoms with van der Waals surface area (Å²) < 4.78 is 28.8. The number of benzene rings is 3. The van der Waals surface area contributed by atoms with Crippen molar-refractivity contribution in [3.8, 4) is 0 Å². The lowest BCUT2D eigenvalue weighted by Crippen LogP contribution is -2.46. The normalized spacial score (nSPS) is 13.9. The third-order valence-corrected chi connectivity index (χ3v) is 7.54. The molecule has 0 saturated heterocycles. The van der Waals surface area contributed by atoms with Gasteiger partial charge < -0.3 is 10.6 Å². The van der Waals surface area contributed by atoms with Crippen LogP contribution in [0.3, 0.4) is 0 Å². The quantitative estimate of drug-likeness (QED) is 0.505. The van der Waals surface area contributed by atoms with E-state index in [0.717, 1.165) is 30.9 Å². The van der Waals surface area contributed by atoms with Crippen LogP contribution in [0.4, 0.5) is 11.4 Å². The number of amides is 2. The molecule has 3 aromatic rings. The molecule has 8 nitrogen and oxygen atoms in total. The Labute approximate surface area is 205 Å². The van der Waals surface area contributed by atoms with Gasteiger partial charge in [0.2, 0.25) is 11.8 Å². The van der Waals surface area contributed by atoms with Gasteiger partial charge in [0, 0.05) is 13.1 Å². The summed E-state index contributed by atoms with van der Waals surface area (Å²) in [6, 6.07) is 22.1. The van der Waals surface area contributed by atoms with E-state index in [0.29, 0.717) is 24.5 Å². The molecule has 4 rings (SSSR count). The first-order valence-electron chi connectivity index (χ1n) is 11.3. The van der Waals surface area contributed by atoms with Crippen LogP contribution in [-0.2, 0) is 32.9 Å². The van der Waals surface area contributed by atoms with Crippen molar-refractivity contribution in [2.24, 2.45) is 0 Å². The Hall–Kier alpha value is -3.85. The van der Waals surface area contributed by atoms with E-state index in [1.54, 1.807) is 24.3 Å². The Kier molecular flexibility index (Phi) is 7.07. The average molecular weight is 493 g/mol. The zero-order valence-electron chi connectivity index (χ0n) is 19.7. The fourth-order valence-electron chi connectivity index (χ4n) is 3.77. The van der Waals surface area contributed by atoms with Gasteiger partial charge in [-0.05, 0) is 37.1 Å². The Bertz CT molecular complexity index is 1230. The molecule has 0 fully saturated rings. The van der Waals surface area contributed by atoms with E-state index in [1.165, 1.54) is 0 Å². The molecule has 2 N–H and O–H groups in total. The summed E-state index contributed by atoms with van der Waals surface area (Å²) in [6.07, 6.45) is 0. The maximum absolute atomic E-state index is 13.3. The summed E-state index contributed by atoms with van der Waals surface area (Å²) in [5.41, 5.74) is 4.79. The number of carbonyl (C=O) groups is 2. The lowest BCUT2D eigenvalue weighted by molar-refractivity contribution is -0.120. The molecule has 0 bridgehead atoms. The molecule has 0 aromatic heterocycles. The smallest absolute Gasteiger partial charge is 0.327 e. The Morgan fingerprint density at radius 3 is 1.40 bits per heavy atom. The number of para-hydroxylation sites is 2. The van der Waals surface area contributed by atoms with Gasteiger partial charge in [-0.15, -0.1) is 0 Å². The lowest BCUT2D eigenvalue weighted by Gasteiger charge is -2.21. The number of aryl methyl sites for hydroxylation is 2. The van der Waals surface area contributed by atoms with Gasteiger partial charge in [-0.25, -0.2) is 8.61 Å². The largest absolute Gasteiger partial charge is 0.350 e. The van der Waals surface area contributed by atoms with Crippen molar-refractivity contribution in [2.75, 3.05) is 21.7 Å². The molecule has 2 amide bonds. The minimum absolute atomic E-state index is 0.291. The molecule has 1 heterocycles. The lowest BCUT2D eigenvalue weighted by atomic mass is 10.1. The number of hydrogen-bond donors (Lipinski definition) is 2. The standard InChI is InChI=1S/C26H28N4O4S/c1-19-7-11-21(12-8-19)15-27-25(31)17-29-23-5-3-4-6-24(23)30(35(29,33)34)18-26(32)28-16-22-13-9-20(2)10-14-22/h3-14H,15-18H2,1-2H3,(H,27,31)(H,28,32). The highest BCUT2D eigenvalue weighted by molar-refractivity contribution is 7.94. The number of carbonyl (C=O) groups excluding carboxylic acids is 2. The van der Waals surface area contributed by atoms with Crippen LogP contribution >= 0.6 is 0 Å². The fourth-order valence-corrected chi connectivity index (χ4v) is 5.38. The van der Waals surface area contributed by atoms with E-state index < -0.39 is 22.0 Å². The van der Waals surface area contributed by atoms with Crippen molar-refractivity contribution in [2.45, 2.75) is 26.9 Å². The predicted octanol–water partition coefficient (Wildman–Crippen LogP) is 2.81. The van der Waals surface area contributed by atoms with Crippen LogP contribution in [0.25, 0.3) is 0 Å². The minimum atomic E-state index is -4.11. The zero-order chi connectivity index (χ0) is 25.0. The van der Waals surface area contributed by atoms with E-state index in [1.807, 2.05) is 62.4 Å². The highest BCUT2D eigenvalue weighted by Crippen LogP contribution is 2.40. The molecular weight excluding hydrogens is 464 g/mol. The molecule has 35 heavy (non-hydrogen) atoms. The van der Waals surface area contributed by atoms with Gasteiger partial charge in [-0.2, -0.15) is 8.42 Å². The van der Waals surface area contributed by atoms with Gasteiger partial charge in [-0.3, -0.25) is 9.59 Å². The summed E-state index contributed by atoms with van der Waals surface area (Å²) in [5.74, 6) is -0.871. The van der Waals surface area contributed by atoms with Crippen molar-refractivity contribution in [3.05, 3.63) is 95.1 Å². The number of fused-ring (bicyclic) bond motifs is 1. The summed E-state index contributed by atoms with van der Waals surface area (Å²) in [4.78, 5) is 25.3. The van der Waals surface area contributed by atoms with Crippen LogP contribution in [0, 0.1) is 13.8 Å². The van der Waals surface area contributed by atoms with Crippen LogP contribution in [-0.4, -0.2) is 33.3 Å². The predicted molar refractivity (Wildman–Crippen MR) is 136 cm³/mol. The van der Waals surface area contributed by atoms with Crippen LogP contribution in [0.2, 0.25) is 0 Å². The molecule has 1 aliphatic rings. The minimum Gasteiger partial charge on any atom is -0.350 e. The van der Waals surface area contributed by atoms with E-state index in [2.05, 4.69) is 10.6 Å². The fraction of sp³-hybridized carbons (Fsp3) is 0.231. The third kappa shape index (κ3) is 5.63. The summed E-state index contributed by atoms with van der Waals surface area (Å²) in [6.45, 7) is 3.78. The Balaban J connectivity index is 1.43. The molecule has 3 aromatic carbocycles. The maximum atomic E-state index is 13.3. The first kappa shape index (κ1) is 24.3. The highest BCUT2D eigenvalue weighted by Gasteiger charge is 2.41. The summed E-state index contributed by atoms with van der Waals surface area (Å²) in [5, 5.41) is 5.54. The zero-order valence-corrected chi connectivity index (χ0v) is 20.5. The molecule has 0 aliphatic carbocycles. The van der Waals surface area contributed by atoms with Gasteiger partial charge in [0.1, 0.15) is 13.1 Å². The van der Waals surface area contributed by atoms with Crippen LogP contribution in [0.15, 0.2) is 72.8 Å². The second kappa shape index (κ2) is 10.2. The van der Waals surface area contributed by atoms with Gasteiger partial charge in [0.05, 0.1) is 11.4 Å². The first-order valence-corrected chi connectivity index (χ1v) is 12.7. The molecule has 0 radical (unpaired) electrons. The topological polar surface area (TPSA) is 98.8 Å². The van der Waals surface area contributed by atoms with E-state index in [-0.39, 0.29) is 13.1 Å². The second-order valence-corrected chi connectivity index (χ2v) is 10.3. The summed E-state index contributed by atoms with van der Waals surface area (Å²) in [7, 11) is -4.11. The molecule has 9 heteroatoms. The van der Waals surface area contributed by atoms with Gasteiger partial charge in [0.25, 0.3) is 0 Å². The number of hydrogen-bond acceptors (Lipinski definition) is 4. The van der Waals surface area contributed by atoms with E-state index in [4.69, 9.17) is 0 Å². The average Bonchev–Trinajstić information content (AvgIpc) is 3.04. The molecule has 0 atom stereocenters. The number of nitrogens with zero attached hydrogens (tertiary/aromatic N) is 2. The molecule has 0 saturated carbocycles. The van der Waals surface area contributed by atoms with Gasteiger partial charge in [0.15, 0.2) is 0 Å². The molecular formula is C26H28N4O4S. The Morgan fingerprint density at radius 1 is 0.657 bits per heavy atom. The van der Waals surface area contributed by atoms with E-state index >= 15 is 0 Å². The first-order chi connectivity index (χ1) is 16.7. The van der Waals surface area contributed by atoms with Crippen molar-refractivity contribution in [1.29, 1.82) is 0 Å². The molecule has 182 valence electrons. The summed E-state index contributed by atoms with van der Waals surface area (Å²) >= 11 is 0. The molecule has 1 aliphatic heterocycles. The number of nitrogens with one attached hydrogen (secondary N) is 2. The molecule has 0 spiro atoms. The van der Waals surface area contributed by atoms with Crippen LogP contribution in [0.1, 0.15) is 22.3 Å². The van der Waals surface area contributed by atoms with Crippen molar-refractivity contribution in [1.82, 2.24) is 10.6 Å². The number of rotatable bonds is 8. The highest BCUT2D eigenvalue weighted by atomic mass is 32.2. The van der Waals surface area contributed by atoms with E-state index in [9.17, 15) is 18.0 Å². The van der Waals surface area contributed by atoms with Gasteiger partial charge in [-0.1, -0.05) is 71.8 Å². The maximum Gasteiger partial charge on any atom is 0.327 e. The molecule has 0 unspecified atom stereocenters. The van der Waals surface area contributed by atoms with Crippen molar-refractivity contribution < 1.29 is 18.0 Å². The van der Waals surface area contributed by atoms with Crippen LogP contribution < -0.4 is 19.2 Å². The van der Waals surface area contributed by atoms with Crippen LogP contribution in [0.5, 0.6) is 0 Å². The van der Waals surface area contributed by atoms with Crippen molar-refractivity contribution in [3.63, 3.8) is 0 Å². The second-order valence-electron chi connectivity index (χ2n) is 8.53. The monoisotopic (exact) mass is 492 g/mol.